The van der Waals surface area contributed by atoms with Crippen LogP contribution in [0.5, 0.6) is 0 Å². The van der Waals surface area contributed by atoms with Crippen LogP contribution in [0, 0.1) is 5.41 Å². The van der Waals surface area contributed by atoms with Gasteiger partial charge in [0, 0.05) is 24.2 Å². The van der Waals surface area contributed by atoms with E-state index in [1.54, 1.807) is 0 Å². The molecule has 0 unspecified atom stereocenters. The molecule has 0 aliphatic rings. The Morgan fingerprint density at radius 1 is 1.17 bits per heavy atom. The highest BCUT2D eigenvalue weighted by atomic mass is 16.2. The van der Waals surface area contributed by atoms with E-state index in [-0.39, 0.29) is 5.91 Å². The molecule has 0 aliphatic carbocycles. The SMILES string of the molecule is C=Nc1ccc(N(CCCC)CCCC)cc1NC(=O)C(C)(C)C. The van der Waals surface area contributed by atoms with Gasteiger partial charge < -0.3 is 10.2 Å². The number of unbranched alkanes of at least 4 members (excludes halogenated alkanes) is 2. The Balaban J connectivity index is 3.08. The number of rotatable bonds is 9. The van der Waals surface area contributed by atoms with Crippen LogP contribution in [0.25, 0.3) is 0 Å². The number of hydrogen-bond donors (Lipinski definition) is 1. The monoisotopic (exact) mass is 331 g/mol. The third kappa shape index (κ3) is 5.99. The molecule has 4 nitrogen and oxygen atoms in total. The fourth-order valence-corrected chi connectivity index (χ4v) is 2.34. The summed E-state index contributed by atoms with van der Waals surface area (Å²) in [5, 5.41) is 3.01. The molecule has 0 aliphatic heterocycles. The summed E-state index contributed by atoms with van der Waals surface area (Å²) in [6, 6.07) is 6.03. The van der Waals surface area contributed by atoms with Crippen molar-refractivity contribution < 1.29 is 4.79 Å². The average Bonchev–Trinajstić information content (AvgIpc) is 2.54. The van der Waals surface area contributed by atoms with E-state index < -0.39 is 5.41 Å². The van der Waals surface area contributed by atoms with Gasteiger partial charge in [-0.1, -0.05) is 47.5 Å². The Morgan fingerprint density at radius 3 is 2.21 bits per heavy atom. The van der Waals surface area contributed by atoms with Gasteiger partial charge in [0.05, 0.1) is 11.4 Å². The summed E-state index contributed by atoms with van der Waals surface area (Å²) in [6.45, 7) is 15.8. The Morgan fingerprint density at radius 2 is 1.75 bits per heavy atom. The van der Waals surface area contributed by atoms with Gasteiger partial charge in [0.2, 0.25) is 5.91 Å². The molecule has 0 radical (unpaired) electrons. The van der Waals surface area contributed by atoms with E-state index in [0.29, 0.717) is 5.69 Å². The molecule has 1 amide bonds. The summed E-state index contributed by atoms with van der Waals surface area (Å²) < 4.78 is 0. The van der Waals surface area contributed by atoms with Gasteiger partial charge in [0.25, 0.3) is 0 Å². The average molecular weight is 332 g/mol. The van der Waals surface area contributed by atoms with Crippen molar-refractivity contribution in [1.82, 2.24) is 0 Å². The van der Waals surface area contributed by atoms with Crippen molar-refractivity contribution in [2.75, 3.05) is 23.3 Å². The number of aliphatic imine (C=N–C) groups is 1. The van der Waals surface area contributed by atoms with Crippen molar-refractivity contribution in [2.24, 2.45) is 10.4 Å². The van der Waals surface area contributed by atoms with Crippen LogP contribution in [0.3, 0.4) is 0 Å². The van der Waals surface area contributed by atoms with Crippen molar-refractivity contribution in [3.63, 3.8) is 0 Å². The van der Waals surface area contributed by atoms with E-state index in [1.807, 2.05) is 32.9 Å². The molecule has 1 rings (SSSR count). The Labute approximate surface area is 147 Å². The van der Waals surface area contributed by atoms with Crippen LogP contribution in [0.4, 0.5) is 17.1 Å². The van der Waals surface area contributed by atoms with Gasteiger partial charge in [0.1, 0.15) is 0 Å². The molecule has 0 spiro atoms. The lowest BCUT2D eigenvalue weighted by molar-refractivity contribution is -0.123. The molecular formula is C20H33N3O. The summed E-state index contributed by atoms with van der Waals surface area (Å²) >= 11 is 0. The van der Waals surface area contributed by atoms with Crippen LogP contribution >= 0.6 is 0 Å². The normalized spacial score (nSPS) is 11.2. The third-order valence-corrected chi connectivity index (χ3v) is 4.01. The fraction of sp³-hybridized carbons (Fsp3) is 0.600. The first kappa shape index (κ1) is 20.2. The minimum absolute atomic E-state index is 0.0155. The lowest BCUT2D eigenvalue weighted by Crippen LogP contribution is -2.28. The van der Waals surface area contributed by atoms with Crippen LogP contribution < -0.4 is 10.2 Å². The second kappa shape index (κ2) is 9.45. The van der Waals surface area contributed by atoms with Gasteiger partial charge in [-0.25, -0.2) is 0 Å². The molecule has 0 atom stereocenters. The van der Waals surface area contributed by atoms with Crippen LogP contribution in [0.15, 0.2) is 23.2 Å². The number of amides is 1. The van der Waals surface area contributed by atoms with E-state index in [4.69, 9.17) is 0 Å². The predicted octanol–water partition coefficient (Wildman–Crippen LogP) is 5.41. The van der Waals surface area contributed by atoms with Crippen molar-refractivity contribution in [2.45, 2.75) is 60.3 Å². The second-order valence-corrected chi connectivity index (χ2v) is 7.26. The lowest BCUT2D eigenvalue weighted by atomic mass is 9.95. The summed E-state index contributed by atoms with van der Waals surface area (Å²) in [7, 11) is 0. The van der Waals surface area contributed by atoms with E-state index in [9.17, 15) is 4.79 Å². The number of hydrogen-bond acceptors (Lipinski definition) is 3. The lowest BCUT2D eigenvalue weighted by Gasteiger charge is -2.26. The van der Waals surface area contributed by atoms with E-state index in [1.165, 1.54) is 12.8 Å². The number of carbonyl (C=O) groups excluding carboxylic acids is 1. The van der Waals surface area contributed by atoms with Crippen molar-refractivity contribution in [1.29, 1.82) is 0 Å². The van der Waals surface area contributed by atoms with E-state index >= 15 is 0 Å². The molecule has 1 aromatic carbocycles. The summed E-state index contributed by atoms with van der Waals surface area (Å²) in [6.07, 6.45) is 4.66. The van der Waals surface area contributed by atoms with Gasteiger partial charge in [-0.15, -0.1) is 0 Å². The summed E-state index contributed by atoms with van der Waals surface area (Å²) in [4.78, 5) is 18.8. The number of nitrogens with one attached hydrogen (secondary N) is 1. The highest BCUT2D eigenvalue weighted by Crippen LogP contribution is 2.31. The minimum atomic E-state index is -0.446. The van der Waals surface area contributed by atoms with E-state index in [0.717, 1.165) is 37.3 Å². The first-order valence-electron chi connectivity index (χ1n) is 9.00. The number of carbonyl (C=O) groups is 1. The number of benzene rings is 1. The zero-order valence-corrected chi connectivity index (χ0v) is 16.0. The van der Waals surface area contributed by atoms with Crippen molar-refractivity contribution in [3.05, 3.63) is 18.2 Å². The molecule has 1 N–H and O–H groups in total. The zero-order valence-electron chi connectivity index (χ0n) is 16.0. The van der Waals surface area contributed by atoms with Crippen LogP contribution in [-0.2, 0) is 4.79 Å². The summed E-state index contributed by atoms with van der Waals surface area (Å²) in [5.74, 6) is -0.0155. The first-order valence-corrected chi connectivity index (χ1v) is 9.00. The third-order valence-electron chi connectivity index (χ3n) is 4.01. The van der Waals surface area contributed by atoms with E-state index in [2.05, 4.69) is 41.8 Å². The largest absolute Gasteiger partial charge is 0.371 e. The van der Waals surface area contributed by atoms with Crippen LogP contribution in [0.1, 0.15) is 60.3 Å². The quantitative estimate of drug-likeness (QED) is 0.615. The molecule has 0 saturated heterocycles. The highest BCUT2D eigenvalue weighted by Gasteiger charge is 2.22. The number of anilines is 2. The van der Waals surface area contributed by atoms with Gasteiger partial charge in [-0.05, 0) is 37.8 Å². The van der Waals surface area contributed by atoms with Crippen molar-refractivity contribution >= 4 is 29.7 Å². The van der Waals surface area contributed by atoms with Crippen LogP contribution in [-0.4, -0.2) is 25.7 Å². The molecule has 0 aromatic heterocycles. The number of nitrogens with zero attached hydrogens (tertiary/aromatic N) is 2. The Hall–Kier alpha value is -1.84. The smallest absolute Gasteiger partial charge is 0.229 e. The van der Waals surface area contributed by atoms with Gasteiger partial charge in [0.15, 0.2) is 0 Å². The molecule has 0 bridgehead atoms. The molecule has 0 fully saturated rings. The molecule has 0 heterocycles. The Kier molecular flexibility index (Phi) is 7.96. The molecule has 1 aromatic rings. The maximum atomic E-state index is 12.3. The highest BCUT2D eigenvalue weighted by molar-refractivity contribution is 5.97. The molecule has 134 valence electrons. The van der Waals surface area contributed by atoms with Gasteiger partial charge in [-0.3, -0.25) is 9.79 Å². The predicted molar refractivity (Wildman–Crippen MR) is 106 cm³/mol. The molecule has 0 saturated carbocycles. The maximum Gasteiger partial charge on any atom is 0.229 e. The molecule has 24 heavy (non-hydrogen) atoms. The minimum Gasteiger partial charge on any atom is -0.371 e. The fourth-order valence-electron chi connectivity index (χ4n) is 2.34. The molecular weight excluding hydrogens is 298 g/mol. The molecule has 4 heteroatoms. The Bertz CT molecular complexity index is 538. The van der Waals surface area contributed by atoms with Crippen LogP contribution in [0.2, 0.25) is 0 Å². The first-order chi connectivity index (χ1) is 11.3. The summed E-state index contributed by atoms with van der Waals surface area (Å²) in [5.41, 5.74) is 2.13. The maximum absolute atomic E-state index is 12.3. The zero-order chi connectivity index (χ0) is 18.2. The van der Waals surface area contributed by atoms with Gasteiger partial charge in [-0.2, -0.15) is 0 Å². The topological polar surface area (TPSA) is 44.7 Å². The van der Waals surface area contributed by atoms with Crippen molar-refractivity contribution in [3.8, 4) is 0 Å². The standard InChI is InChI=1S/C20H33N3O/c1-7-9-13-23(14-10-8-2)16-11-12-17(21-6)18(15-16)22-19(24)20(3,4)5/h11-12,15H,6-10,13-14H2,1-5H3,(H,22,24). The second-order valence-electron chi connectivity index (χ2n) is 7.26. The van der Waals surface area contributed by atoms with Gasteiger partial charge >= 0.3 is 0 Å².